The smallest absolute Gasteiger partial charge is 0.186 e. The van der Waals surface area contributed by atoms with Crippen LogP contribution in [0, 0.1) is 0 Å². The quantitative estimate of drug-likeness (QED) is 0.174. The summed E-state index contributed by atoms with van der Waals surface area (Å²) >= 11 is 0. The monoisotopic (exact) mass is 792 g/mol. The molecule has 5 heterocycles. The van der Waals surface area contributed by atoms with Gasteiger partial charge in [0, 0.05) is 44.3 Å². The van der Waals surface area contributed by atoms with Crippen LogP contribution in [0.1, 0.15) is 134 Å². The van der Waals surface area contributed by atoms with Gasteiger partial charge in [0.2, 0.25) is 0 Å². The molecule has 304 valence electrons. The average Bonchev–Trinajstić information content (AvgIpc) is 3.99. The molecule has 0 saturated heterocycles. The number of carbonyl (C=O) groups excluding carboxylic acids is 2. The van der Waals surface area contributed by atoms with Crippen molar-refractivity contribution in [3.05, 3.63) is 136 Å². The highest BCUT2D eigenvalue weighted by atomic mass is 16.1. The first kappa shape index (κ1) is 40.6. The minimum absolute atomic E-state index is 0.103. The number of aromatic nitrogens is 4. The predicted octanol–water partition coefficient (Wildman–Crippen LogP) is 13.3. The topological polar surface area (TPSA) is 91.5 Å². The molecular weight excluding hydrogens is 737 g/mol. The molecule has 0 fully saturated rings. The second kappa shape index (κ2) is 14.3. The van der Waals surface area contributed by atoms with Crippen LogP contribution in [-0.4, -0.2) is 31.5 Å². The Morgan fingerprint density at radius 3 is 1.38 bits per heavy atom. The van der Waals surface area contributed by atoms with Crippen molar-refractivity contribution in [3.63, 3.8) is 0 Å². The van der Waals surface area contributed by atoms with E-state index in [1.807, 2.05) is 18.2 Å². The molecule has 5 aromatic rings. The lowest BCUT2D eigenvalue weighted by Gasteiger charge is -2.26. The minimum atomic E-state index is -0.250. The first-order chi connectivity index (χ1) is 28.0. The van der Waals surface area contributed by atoms with Crippen molar-refractivity contribution in [2.75, 3.05) is 0 Å². The molecule has 2 aliphatic heterocycles. The lowest BCUT2D eigenvalue weighted by molar-refractivity contribution is -0.113. The summed E-state index contributed by atoms with van der Waals surface area (Å²) in [5, 5.41) is 0. The van der Waals surface area contributed by atoms with Gasteiger partial charge in [0.05, 0.1) is 22.8 Å². The Balaban J connectivity index is 1.53. The van der Waals surface area contributed by atoms with Gasteiger partial charge in [-0.15, -0.1) is 0 Å². The van der Waals surface area contributed by atoms with E-state index in [1.54, 1.807) is 0 Å². The van der Waals surface area contributed by atoms with Crippen LogP contribution in [0.3, 0.4) is 0 Å². The van der Waals surface area contributed by atoms with Gasteiger partial charge in [-0.1, -0.05) is 119 Å². The van der Waals surface area contributed by atoms with E-state index in [4.69, 9.17) is 9.97 Å². The maximum atomic E-state index is 13.8. The summed E-state index contributed by atoms with van der Waals surface area (Å²) in [6, 6.07) is 24.1. The second-order valence-corrected chi connectivity index (χ2v) is 20.6. The number of H-pyrrole nitrogens is 2. The van der Waals surface area contributed by atoms with Gasteiger partial charge in [0.15, 0.2) is 11.6 Å². The normalized spacial score (nSPS) is 14.6. The van der Waals surface area contributed by atoms with Gasteiger partial charge in [-0.05, 0) is 128 Å². The summed E-state index contributed by atoms with van der Waals surface area (Å²) in [5.74, 6) is -0.492. The molecule has 2 aromatic carbocycles. The fourth-order valence-corrected chi connectivity index (χ4v) is 8.01. The molecule has 3 aromatic heterocycles. The third-order valence-electron chi connectivity index (χ3n) is 11.7. The van der Waals surface area contributed by atoms with E-state index in [9.17, 15) is 9.59 Å². The first-order valence-electron chi connectivity index (χ1n) is 21.0. The zero-order chi connectivity index (χ0) is 43.1. The molecule has 0 amide bonds. The van der Waals surface area contributed by atoms with Gasteiger partial charge < -0.3 is 9.97 Å². The van der Waals surface area contributed by atoms with E-state index in [0.717, 1.165) is 55.9 Å². The van der Waals surface area contributed by atoms with Crippen molar-refractivity contribution in [1.29, 1.82) is 0 Å². The van der Waals surface area contributed by atoms with E-state index in [2.05, 4.69) is 166 Å². The highest BCUT2D eigenvalue weighted by Gasteiger charge is 2.27. The standard InChI is InChI=1S/C54H56N4O2/c1-51(2,3)33-23-31(24-34(27-33)52(4,5)6)48-41-16-13-37(55-41)29-38-14-17-42(56-38)49(32-25-35(53(7,8)9)28-36(26-32)54(10,11)12)44-19-21-46(58-44)50(45-20-18-43(48)57-45)40-30-39(59)15-22-47(40)60/h13-30,55,58H,1-12H3. The van der Waals surface area contributed by atoms with Gasteiger partial charge in [-0.25, -0.2) is 9.97 Å². The summed E-state index contributed by atoms with van der Waals surface area (Å²) in [5.41, 5.74) is 15.7. The van der Waals surface area contributed by atoms with E-state index in [0.29, 0.717) is 22.3 Å². The third-order valence-corrected chi connectivity index (χ3v) is 11.7. The van der Waals surface area contributed by atoms with E-state index >= 15 is 0 Å². The van der Waals surface area contributed by atoms with Gasteiger partial charge in [-0.3, -0.25) is 9.59 Å². The summed E-state index contributed by atoms with van der Waals surface area (Å²) in [6.45, 7) is 26.9. The molecule has 6 heteroatoms. The molecule has 1 aliphatic carbocycles. The Bertz CT molecular complexity index is 2790. The van der Waals surface area contributed by atoms with Gasteiger partial charge in [0.25, 0.3) is 0 Å². The number of nitrogens with one attached hydrogen (secondary N) is 2. The minimum Gasteiger partial charge on any atom is -0.355 e. The zero-order valence-electron chi connectivity index (χ0n) is 37.1. The summed E-state index contributed by atoms with van der Waals surface area (Å²) in [4.78, 5) is 44.9. The Morgan fingerprint density at radius 1 is 0.433 bits per heavy atom. The van der Waals surface area contributed by atoms with Crippen molar-refractivity contribution in [2.45, 2.75) is 105 Å². The summed E-state index contributed by atoms with van der Waals surface area (Å²) in [6.07, 6.45) is 12.3. The average molecular weight is 793 g/mol. The van der Waals surface area contributed by atoms with Crippen LogP contribution in [0.25, 0.3) is 74.2 Å². The summed E-state index contributed by atoms with van der Waals surface area (Å²) in [7, 11) is 0. The molecule has 2 N–H and O–H groups in total. The maximum Gasteiger partial charge on any atom is 0.186 e. The maximum absolute atomic E-state index is 13.8. The van der Waals surface area contributed by atoms with E-state index in [1.165, 1.54) is 40.5 Å². The molecule has 0 saturated carbocycles. The lowest BCUT2D eigenvalue weighted by Crippen LogP contribution is -2.16. The Hall–Kier alpha value is -6.14. The van der Waals surface area contributed by atoms with Crippen LogP contribution in [0.2, 0.25) is 0 Å². The van der Waals surface area contributed by atoms with Crippen molar-refractivity contribution in [3.8, 4) is 22.3 Å². The van der Waals surface area contributed by atoms with Gasteiger partial charge in [0.1, 0.15) is 0 Å². The van der Waals surface area contributed by atoms with E-state index in [-0.39, 0.29) is 33.2 Å². The molecule has 0 atom stereocenters. The number of ketones is 2. The highest BCUT2D eigenvalue weighted by Crippen LogP contribution is 2.41. The van der Waals surface area contributed by atoms with E-state index < -0.39 is 0 Å². The molecule has 0 spiro atoms. The largest absolute Gasteiger partial charge is 0.355 e. The molecule has 3 aliphatic rings. The van der Waals surface area contributed by atoms with Crippen molar-refractivity contribution >= 4 is 63.5 Å². The molecule has 8 rings (SSSR count). The van der Waals surface area contributed by atoms with Crippen LogP contribution in [0.15, 0.2) is 85.0 Å². The first-order valence-corrected chi connectivity index (χ1v) is 21.0. The number of rotatable bonds is 3. The highest BCUT2D eigenvalue weighted by molar-refractivity contribution is 6.35. The Kier molecular flexibility index (Phi) is 9.65. The molecule has 0 radical (unpaired) electrons. The second-order valence-electron chi connectivity index (χ2n) is 20.6. The number of nitrogens with zero attached hydrogens (tertiary/aromatic N) is 2. The fraction of sp³-hybridized carbons (Fsp3) is 0.296. The number of allylic oxidation sites excluding steroid dienone is 4. The number of benzene rings is 2. The number of hydrogen-bond donors (Lipinski definition) is 2. The molecule has 0 unspecified atom stereocenters. The molecular formula is C54H56N4O2. The lowest BCUT2D eigenvalue weighted by atomic mass is 9.78. The predicted molar refractivity (Wildman–Crippen MR) is 252 cm³/mol. The van der Waals surface area contributed by atoms with Crippen molar-refractivity contribution < 1.29 is 9.59 Å². The number of carbonyl (C=O) groups is 2. The van der Waals surface area contributed by atoms with Crippen molar-refractivity contribution in [2.24, 2.45) is 0 Å². The number of aromatic amines is 2. The Labute approximate surface area is 354 Å². The van der Waals surface area contributed by atoms with Crippen LogP contribution < -0.4 is 0 Å². The van der Waals surface area contributed by atoms with Crippen LogP contribution >= 0.6 is 0 Å². The van der Waals surface area contributed by atoms with Crippen LogP contribution in [0.4, 0.5) is 0 Å². The van der Waals surface area contributed by atoms with Crippen LogP contribution in [-0.2, 0) is 31.2 Å². The van der Waals surface area contributed by atoms with Gasteiger partial charge >= 0.3 is 0 Å². The van der Waals surface area contributed by atoms with Crippen LogP contribution in [0.5, 0.6) is 0 Å². The molecule has 8 bridgehead atoms. The fourth-order valence-electron chi connectivity index (χ4n) is 8.01. The molecule has 6 nitrogen and oxygen atoms in total. The SMILES string of the molecule is CC(C)(C)c1cc(-c2c3nc(c(C4=CC(=O)C=CC4=O)c4ccc([nH]4)c(-c4cc(C(C)(C)C)cc(C(C)(C)C)c4)c4nc(cc5ccc2[nH]5)C=C4)C=C3)cc(C(C)(C)C)c1. The van der Waals surface area contributed by atoms with Gasteiger partial charge in [-0.2, -0.15) is 0 Å². The zero-order valence-corrected chi connectivity index (χ0v) is 37.1. The summed E-state index contributed by atoms with van der Waals surface area (Å²) < 4.78 is 0. The molecule has 60 heavy (non-hydrogen) atoms. The van der Waals surface area contributed by atoms with Crippen molar-refractivity contribution in [1.82, 2.24) is 19.9 Å². The number of fused-ring (bicyclic) bond motifs is 8. The third kappa shape index (κ3) is 7.83. The number of hydrogen-bond acceptors (Lipinski definition) is 4. The Morgan fingerprint density at radius 2 is 0.867 bits per heavy atom.